The average molecular weight is 622 g/mol. The number of ether oxygens (including phenoxy) is 2. The summed E-state index contributed by atoms with van der Waals surface area (Å²) in [5.41, 5.74) is 2.90. The topological polar surface area (TPSA) is 105 Å². The molecule has 0 bridgehead atoms. The molecule has 0 unspecified atom stereocenters. The Morgan fingerprint density at radius 3 is 2.14 bits per heavy atom. The smallest absolute Gasteiger partial charge is 0.264 e. The molecule has 3 aromatic rings. The van der Waals surface area contributed by atoms with E-state index >= 15 is 0 Å². The fraction of sp³-hybridized carbons (Fsp3) is 0.412. The Bertz CT molecular complexity index is 1530. The van der Waals surface area contributed by atoms with Crippen molar-refractivity contribution in [2.45, 2.75) is 76.4 Å². The second-order valence-electron chi connectivity index (χ2n) is 11.3. The first-order valence-electron chi connectivity index (χ1n) is 15.0. The first-order valence-corrected chi connectivity index (χ1v) is 16.5. The molecule has 9 nitrogen and oxygen atoms in total. The van der Waals surface area contributed by atoms with Crippen LogP contribution in [-0.4, -0.2) is 58.0 Å². The van der Waals surface area contributed by atoms with Crippen LogP contribution in [0.25, 0.3) is 0 Å². The minimum Gasteiger partial charge on any atom is -0.493 e. The van der Waals surface area contributed by atoms with E-state index in [-0.39, 0.29) is 29.1 Å². The fourth-order valence-corrected chi connectivity index (χ4v) is 7.21. The molecule has 1 atom stereocenters. The number of nitrogens with zero attached hydrogens (tertiary/aromatic N) is 2. The lowest BCUT2D eigenvalue weighted by Crippen LogP contribution is -2.53. The molecule has 3 aromatic carbocycles. The van der Waals surface area contributed by atoms with Gasteiger partial charge in [0, 0.05) is 18.7 Å². The third kappa shape index (κ3) is 7.72. The molecular weight excluding hydrogens is 578 g/mol. The SMILES string of the molecule is CC[C@@H](C(=O)NC1CCCC1)N(Cc1ccccc1)C(=O)CN(c1cc(C)cc(C)c1)S(=O)(=O)c1ccc(OC)c(OC)c1. The predicted octanol–water partition coefficient (Wildman–Crippen LogP) is 5.38. The number of hydrogen-bond acceptors (Lipinski definition) is 6. The van der Waals surface area contributed by atoms with Gasteiger partial charge in [-0.05, 0) is 74.1 Å². The van der Waals surface area contributed by atoms with E-state index in [4.69, 9.17) is 9.47 Å². The van der Waals surface area contributed by atoms with E-state index in [1.165, 1.54) is 37.3 Å². The van der Waals surface area contributed by atoms with Crippen molar-refractivity contribution in [3.8, 4) is 11.5 Å². The van der Waals surface area contributed by atoms with Gasteiger partial charge in [0.05, 0.1) is 24.8 Å². The second-order valence-corrected chi connectivity index (χ2v) is 13.2. The van der Waals surface area contributed by atoms with Crippen LogP contribution in [0.4, 0.5) is 5.69 Å². The number of methoxy groups -OCH3 is 2. The maximum atomic E-state index is 14.3. The molecule has 44 heavy (non-hydrogen) atoms. The minimum absolute atomic E-state index is 0.0530. The number of hydrogen-bond donors (Lipinski definition) is 1. The molecule has 1 aliphatic rings. The van der Waals surface area contributed by atoms with Crippen molar-refractivity contribution in [1.82, 2.24) is 10.2 Å². The van der Waals surface area contributed by atoms with Gasteiger partial charge in [-0.3, -0.25) is 13.9 Å². The highest BCUT2D eigenvalue weighted by atomic mass is 32.2. The van der Waals surface area contributed by atoms with Crippen molar-refractivity contribution in [2.24, 2.45) is 0 Å². The van der Waals surface area contributed by atoms with Gasteiger partial charge in [-0.1, -0.05) is 56.2 Å². The van der Waals surface area contributed by atoms with Crippen LogP contribution in [0.2, 0.25) is 0 Å². The summed E-state index contributed by atoms with van der Waals surface area (Å²) < 4.78 is 40.5. The van der Waals surface area contributed by atoms with Gasteiger partial charge in [-0.25, -0.2) is 8.42 Å². The molecule has 0 spiro atoms. The van der Waals surface area contributed by atoms with Crippen LogP contribution in [0.15, 0.2) is 71.6 Å². The average Bonchev–Trinajstić information content (AvgIpc) is 3.52. The molecule has 1 fully saturated rings. The van der Waals surface area contributed by atoms with Gasteiger partial charge >= 0.3 is 0 Å². The first kappa shape index (κ1) is 32.9. The fourth-order valence-electron chi connectivity index (χ4n) is 5.79. The van der Waals surface area contributed by atoms with E-state index in [9.17, 15) is 18.0 Å². The quantitative estimate of drug-likeness (QED) is 0.275. The number of nitrogens with one attached hydrogen (secondary N) is 1. The summed E-state index contributed by atoms with van der Waals surface area (Å²) in [6.45, 7) is 5.28. The lowest BCUT2D eigenvalue weighted by Gasteiger charge is -2.34. The van der Waals surface area contributed by atoms with Crippen molar-refractivity contribution in [3.05, 3.63) is 83.4 Å². The van der Waals surface area contributed by atoms with Crippen LogP contribution >= 0.6 is 0 Å². The highest BCUT2D eigenvalue weighted by molar-refractivity contribution is 7.92. The Balaban J connectivity index is 1.76. The van der Waals surface area contributed by atoms with Gasteiger partial charge in [-0.2, -0.15) is 0 Å². The van der Waals surface area contributed by atoms with E-state index in [0.29, 0.717) is 17.9 Å². The van der Waals surface area contributed by atoms with Crippen molar-refractivity contribution in [1.29, 1.82) is 0 Å². The van der Waals surface area contributed by atoms with E-state index < -0.39 is 28.5 Å². The van der Waals surface area contributed by atoms with Crippen LogP contribution in [0.1, 0.15) is 55.7 Å². The summed E-state index contributed by atoms with van der Waals surface area (Å²) in [5.74, 6) is -0.0657. The molecule has 1 N–H and O–H groups in total. The molecule has 2 amide bonds. The summed E-state index contributed by atoms with van der Waals surface area (Å²) in [6.07, 6.45) is 4.33. The molecule has 0 aliphatic heterocycles. The van der Waals surface area contributed by atoms with Gasteiger partial charge in [0.2, 0.25) is 11.8 Å². The second kappa shape index (κ2) is 14.6. The van der Waals surface area contributed by atoms with E-state index in [0.717, 1.165) is 46.7 Å². The Morgan fingerprint density at radius 2 is 1.55 bits per heavy atom. The molecule has 0 saturated heterocycles. The van der Waals surface area contributed by atoms with Crippen molar-refractivity contribution >= 4 is 27.5 Å². The van der Waals surface area contributed by atoms with Gasteiger partial charge in [0.15, 0.2) is 11.5 Å². The summed E-state index contributed by atoms with van der Waals surface area (Å²) in [4.78, 5) is 29.4. The number of anilines is 1. The lowest BCUT2D eigenvalue weighted by atomic mass is 10.1. The summed E-state index contributed by atoms with van der Waals surface area (Å²) in [7, 11) is -1.36. The Kier molecular flexibility index (Phi) is 10.9. The van der Waals surface area contributed by atoms with Gasteiger partial charge in [0.25, 0.3) is 10.0 Å². The monoisotopic (exact) mass is 621 g/mol. The maximum absolute atomic E-state index is 14.3. The van der Waals surface area contributed by atoms with Crippen molar-refractivity contribution in [3.63, 3.8) is 0 Å². The molecular formula is C34H43N3O6S. The molecule has 0 aromatic heterocycles. The zero-order chi connectivity index (χ0) is 31.9. The summed E-state index contributed by atoms with van der Waals surface area (Å²) in [5, 5.41) is 3.14. The summed E-state index contributed by atoms with van der Waals surface area (Å²) >= 11 is 0. The number of rotatable bonds is 13. The third-order valence-corrected chi connectivity index (χ3v) is 9.77. The van der Waals surface area contributed by atoms with E-state index in [2.05, 4.69) is 5.32 Å². The molecule has 0 heterocycles. The third-order valence-electron chi connectivity index (χ3n) is 8.00. The van der Waals surface area contributed by atoms with Crippen LogP contribution in [0.5, 0.6) is 11.5 Å². The van der Waals surface area contributed by atoms with Crippen LogP contribution in [-0.2, 0) is 26.2 Å². The Morgan fingerprint density at radius 1 is 0.909 bits per heavy atom. The Hall–Kier alpha value is -4.05. The lowest BCUT2D eigenvalue weighted by molar-refractivity contribution is -0.140. The van der Waals surface area contributed by atoms with Crippen molar-refractivity contribution in [2.75, 3.05) is 25.1 Å². The molecule has 1 aliphatic carbocycles. The van der Waals surface area contributed by atoms with Crippen LogP contribution in [0, 0.1) is 13.8 Å². The molecule has 4 rings (SSSR count). The molecule has 1 saturated carbocycles. The van der Waals surface area contributed by atoms with Gasteiger partial charge in [0.1, 0.15) is 12.6 Å². The minimum atomic E-state index is -4.27. The van der Waals surface area contributed by atoms with E-state index in [1.807, 2.05) is 57.2 Å². The number of aryl methyl sites for hydroxylation is 2. The highest BCUT2D eigenvalue weighted by Crippen LogP contribution is 2.33. The van der Waals surface area contributed by atoms with Crippen molar-refractivity contribution < 1.29 is 27.5 Å². The zero-order valence-electron chi connectivity index (χ0n) is 26.2. The number of carbonyl (C=O) groups excluding carboxylic acids is 2. The number of amides is 2. The van der Waals surface area contributed by atoms with E-state index in [1.54, 1.807) is 12.1 Å². The van der Waals surface area contributed by atoms with Crippen LogP contribution in [0.3, 0.4) is 0 Å². The predicted molar refractivity (Wildman–Crippen MR) is 171 cm³/mol. The first-order chi connectivity index (χ1) is 21.1. The van der Waals surface area contributed by atoms with Crippen LogP contribution < -0.4 is 19.1 Å². The molecule has 236 valence electrons. The number of sulfonamides is 1. The normalized spacial score (nSPS) is 14.1. The number of carbonyl (C=O) groups is 2. The maximum Gasteiger partial charge on any atom is 0.264 e. The van der Waals surface area contributed by atoms with Gasteiger partial charge < -0.3 is 19.7 Å². The number of benzene rings is 3. The zero-order valence-corrected chi connectivity index (χ0v) is 27.0. The highest BCUT2D eigenvalue weighted by Gasteiger charge is 2.35. The standard InChI is InChI=1S/C34H43N3O6S/c1-6-30(34(39)35-27-14-10-11-15-27)36(22-26-12-8-7-9-13-26)33(38)23-37(28-19-24(2)18-25(3)20-28)44(40,41)29-16-17-31(42-4)32(21-29)43-5/h7-9,12-13,16-21,27,30H,6,10-11,14-15,22-23H2,1-5H3,(H,35,39)/t30-/m0/s1. The largest absolute Gasteiger partial charge is 0.493 e. The molecule has 0 radical (unpaired) electrons. The Labute approximate surface area is 261 Å². The summed E-state index contributed by atoms with van der Waals surface area (Å²) in [6, 6.07) is 18.5. The molecule has 10 heteroatoms. The van der Waals surface area contributed by atoms with Gasteiger partial charge in [-0.15, -0.1) is 0 Å².